The summed E-state index contributed by atoms with van der Waals surface area (Å²) < 4.78 is 5.58. The van der Waals surface area contributed by atoms with E-state index < -0.39 is 6.10 Å². The van der Waals surface area contributed by atoms with Gasteiger partial charge in [-0.2, -0.15) is 0 Å². The molecule has 2 heterocycles. The van der Waals surface area contributed by atoms with E-state index in [9.17, 15) is 14.4 Å². The number of fused-ring (bicyclic) bond motifs is 1. The molecule has 2 N–H and O–H groups in total. The van der Waals surface area contributed by atoms with Gasteiger partial charge in [-0.25, -0.2) is 0 Å². The summed E-state index contributed by atoms with van der Waals surface area (Å²) >= 11 is 5.87. The molecule has 7 nitrogen and oxygen atoms in total. The third-order valence-corrected chi connectivity index (χ3v) is 7.00. The van der Waals surface area contributed by atoms with E-state index in [0.29, 0.717) is 52.3 Å². The molecule has 3 aromatic rings. The second-order valence-electron chi connectivity index (χ2n) is 9.36. The SMILES string of the molecule is CC1Oc2ccc(C(=O)N3CCC(c4ccc(NC(=O)C#Cc5ccc(Cl)cc5)cc4)CC3)cc2NC1=O. The van der Waals surface area contributed by atoms with Crippen LogP contribution in [0.5, 0.6) is 5.75 Å². The van der Waals surface area contributed by atoms with Crippen LogP contribution in [-0.2, 0) is 9.59 Å². The van der Waals surface area contributed by atoms with Crippen LogP contribution in [0, 0.1) is 11.8 Å². The van der Waals surface area contributed by atoms with Crippen LogP contribution in [0.15, 0.2) is 66.7 Å². The number of hydrogen-bond donors (Lipinski definition) is 2. The maximum Gasteiger partial charge on any atom is 0.300 e. The lowest BCUT2D eigenvalue weighted by atomic mass is 9.89. The van der Waals surface area contributed by atoms with Crippen molar-refractivity contribution in [2.75, 3.05) is 23.7 Å². The summed E-state index contributed by atoms with van der Waals surface area (Å²) in [5, 5.41) is 6.21. The largest absolute Gasteiger partial charge is 0.479 e. The van der Waals surface area contributed by atoms with E-state index in [0.717, 1.165) is 12.8 Å². The molecular formula is C30H26ClN3O4. The molecule has 5 rings (SSSR count). The first-order valence-electron chi connectivity index (χ1n) is 12.4. The monoisotopic (exact) mass is 527 g/mol. The molecule has 1 unspecified atom stereocenters. The van der Waals surface area contributed by atoms with Crippen molar-refractivity contribution in [3.8, 4) is 17.6 Å². The Kier molecular flexibility index (Phi) is 7.34. The maximum absolute atomic E-state index is 13.1. The molecule has 0 bridgehead atoms. The summed E-state index contributed by atoms with van der Waals surface area (Å²) in [7, 11) is 0. The summed E-state index contributed by atoms with van der Waals surface area (Å²) in [5.74, 6) is 5.63. The summed E-state index contributed by atoms with van der Waals surface area (Å²) in [4.78, 5) is 39.0. The third-order valence-electron chi connectivity index (χ3n) is 6.74. The maximum atomic E-state index is 13.1. The standard InChI is InChI=1S/C30H26ClN3O4/c1-19-29(36)33-26-18-23(7-12-27(26)38-19)30(37)34-16-14-22(15-17-34)21-5-10-25(11-6-21)32-28(35)13-4-20-2-8-24(31)9-3-20/h2-3,5-12,18-19,22H,14-17H2,1H3,(H,32,35)(H,33,36). The van der Waals surface area contributed by atoms with Crippen molar-refractivity contribution in [2.45, 2.75) is 31.8 Å². The fraction of sp³-hybridized carbons (Fsp3) is 0.233. The van der Waals surface area contributed by atoms with Crippen molar-refractivity contribution in [3.05, 3.63) is 88.4 Å². The van der Waals surface area contributed by atoms with Crippen molar-refractivity contribution in [1.82, 2.24) is 4.90 Å². The van der Waals surface area contributed by atoms with Gasteiger partial charge in [0.1, 0.15) is 5.75 Å². The van der Waals surface area contributed by atoms with Gasteiger partial charge in [0.25, 0.3) is 11.8 Å². The number of halogens is 1. The Balaban J connectivity index is 1.14. The molecule has 38 heavy (non-hydrogen) atoms. The Hall–Kier alpha value is -4.28. The molecule has 0 aromatic heterocycles. The van der Waals surface area contributed by atoms with Crippen molar-refractivity contribution >= 4 is 40.7 Å². The molecule has 3 aromatic carbocycles. The van der Waals surface area contributed by atoms with Crippen LogP contribution in [0.4, 0.5) is 11.4 Å². The number of carbonyl (C=O) groups is 3. The Morgan fingerprint density at radius 3 is 2.45 bits per heavy atom. The molecule has 192 valence electrons. The highest BCUT2D eigenvalue weighted by Gasteiger charge is 2.27. The highest BCUT2D eigenvalue weighted by Crippen LogP contribution is 2.33. The number of carbonyl (C=O) groups excluding carboxylic acids is 3. The number of nitrogens with zero attached hydrogens (tertiary/aromatic N) is 1. The lowest BCUT2D eigenvalue weighted by Gasteiger charge is -2.32. The van der Waals surface area contributed by atoms with Gasteiger partial charge in [0, 0.05) is 40.8 Å². The number of rotatable bonds is 3. The number of ether oxygens (including phenoxy) is 1. The predicted octanol–water partition coefficient (Wildman–Crippen LogP) is 5.07. The quantitative estimate of drug-likeness (QED) is 0.466. The molecule has 1 atom stereocenters. The van der Waals surface area contributed by atoms with Crippen LogP contribution in [-0.4, -0.2) is 41.8 Å². The van der Waals surface area contributed by atoms with Gasteiger partial charge >= 0.3 is 5.91 Å². The zero-order valence-corrected chi connectivity index (χ0v) is 21.5. The topological polar surface area (TPSA) is 87.7 Å². The normalized spacial score (nSPS) is 16.8. The highest BCUT2D eigenvalue weighted by molar-refractivity contribution is 6.30. The van der Waals surface area contributed by atoms with Crippen molar-refractivity contribution < 1.29 is 19.1 Å². The molecule has 0 aliphatic carbocycles. The van der Waals surface area contributed by atoms with Crippen molar-refractivity contribution in [3.63, 3.8) is 0 Å². The minimum Gasteiger partial charge on any atom is -0.479 e. The first-order valence-corrected chi connectivity index (χ1v) is 12.8. The van der Waals surface area contributed by atoms with E-state index in [1.807, 2.05) is 29.2 Å². The van der Waals surface area contributed by atoms with E-state index in [1.165, 1.54) is 5.56 Å². The number of likely N-dealkylation sites (tertiary alicyclic amines) is 1. The Morgan fingerprint density at radius 2 is 1.74 bits per heavy atom. The summed E-state index contributed by atoms with van der Waals surface area (Å²) in [6, 6.07) is 19.9. The van der Waals surface area contributed by atoms with Gasteiger partial charge in [-0.3, -0.25) is 14.4 Å². The zero-order valence-electron chi connectivity index (χ0n) is 20.8. The van der Waals surface area contributed by atoms with Crippen molar-refractivity contribution in [1.29, 1.82) is 0 Å². The first-order chi connectivity index (χ1) is 18.4. The fourth-order valence-corrected chi connectivity index (χ4v) is 4.73. The molecule has 0 radical (unpaired) electrons. The van der Waals surface area contributed by atoms with E-state index in [1.54, 1.807) is 49.4 Å². The third kappa shape index (κ3) is 5.82. The molecule has 2 aliphatic rings. The smallest absolute Gasteiger partial charge is 0.300 e. The predicted molar refractivity (Wildman–Crippen MR) is 146 cm³/mol. The molecule has 0 spiro atoms. The van der Waals surface area contributed by atoms with Gasteiger partial charge in [0.2, 0.25) is 0 Å². The minimum absolute atomic E-state index is 0.0584. The van der Waals surface area contributed by atoms with Gasteiger partial charge in [-0.1, -0.05) is 29.7 Å². The molecule has 0 saturated carbocycles. The second kappa shape index (κ2) is 11.0. The minimum atomic E-state index is -0.554. The Labute approximate surface area is 226 Å². The van der Waals surface area contributed by atoms with Crippen LogP contribution in [0.2, 0.25) is 5.02 Å². The van der Waals surface area contributed by atoms with Gasteiger partial charge in [-0.05, 0) is 85.8 Å². The molecule has 2 aliphatic heterocycles. The Morgan fingerprint density at radius 1 is 1.03 bits per heavy atom. The average molecular weight is 528 g/mol. The molecule has 1 saturated heterocycles. The highest BCUT2D eigenvalue weighted by atomic mass is 35.5. The fourth-order valence-electron chi connectivity index (χ4n) is 4.60. The van der Waals surface area contributed by atoms with Gasteiger partial charge < -0.3 is 20.3 Å². The molecular weight excluding hydrogens is 502 g/mol. The van der Waals surface area contributed by atoms with Crippen molar-refractivity contribution in [2.24, 2.45) is 0 Å². The number of anilines is 2. The Bertz CT molecular complexity index is 1430. The zero-order chi connectivity index (χ0) is 26.6. The number of nitrogens with one attached hydrogen (secondary N) is 2. The molecule has 3 amide bonds. The van der Waals surface area contributed by atoms with Gasteiger partial charge in [0.15, 0.2) is 6.10 Å². The summed E-state index contributed by atoms with van der Waals surface area (Å²) in [6.45, 7) is 2.96. The number of piperidine rings is 1. The van der Waals surface area contributed by atoms with E-state index in [4.69, 9.17) is 16.3 Å². The van der Waals surface area contributed by atoms with E-state index in [-0.39, 0.29) is 17.7 Å². The van der Waals surface area contributed by atoms with Gasteiger partial charge in [0.05, 0.1) is 5.69 Å². The lowest BCUT2D eigenvalue weighted by Crippen LogP contribution is -2.38. The number of hydrogen-bond acceptors (Lipinski definition) is 4. The van der Waals surface area contributed by atoms with Crippen LogP contribution in [0.3, 0.4) is 0 Å². The van der Waals surface area contributed by atoms with Gasteiger partial charge in [-0.15, -0.1) is 0 Å². The molecule has 1 fully saturated rings. The van der Waals surface area contributed by atoms with E-state index in [2.05, 4.69) is 22.5 Å². The number of benzene rings is 3. The number of amides is 3. The summed E-state index contributed by atoms with van der Waals surface area (Å²) in [6.07, 6.45) is 1.13. The second-order valence-corrected chi connectivity index (χ2v) is 9.80. The lowest BCUT2D eigenvalue weighted by molar-refractivity contribution is -0.122. The van der Waals surface area contributed by atoms with Crippen LogP contribution in [0.1, 0.15) is 47.2 Å². The first kappa shape index (κ1) is 25.4. The van der Waals surface area contributed by atoms with Crippen LogP contribution in [0.25, 0.3) is 0 Å². The summed E-state index contributed by atoms with van der Waals surface area (Å²) in [5.41, 5.74) is 3.61. The molecule has 8 heteroatoms. The van der Waals surface area contributed by atoms with Crippen LogP contribution < -0.4 is 15.4 Å². The van der Waals surface area contributed by atoms with Crippen LogP contribution >= 0.6 is 11.6 Å². The van der Waals surface area contributed by atoms with E-state index >= 15 is 0 Å². The average Bonchev–Trinajstić information content (AvgIpc) is 2.93.